The Hall–Kier alpha value is -5.29. The number of benzene rings is 5. The van der Waals surface area contributed by atoms with Gasteiger partial charge in [0.05, 0.1) is 26.4 Å². The van der Waals surface area contributed by atoms with Crippen molar-refractivity contribution in [3.8, 4) is 5.75 Å². The molecule has 5 aromatic carbocycles. The van der Waals surface area contributed by atoms with Crippen molar-refractivity contribution in [3.05, 3.63) is 170 Å². The highest BCUT2D eigenvalue weighted by molar-refractivity contribution is 6.31. The van der Waals surface area contributed by atoms with Crippen molar-refractivity contribution in [2.75, 3.05) is 13.7 Å². The Labute approximate surface area is 476 Å². The topological polar surface area (TPSA) is 133 Å². The van der Waals surface area contributed by atoms with Gasteiger partial charge in [0, 0.05) is 77.3 Å². The van der Waals surface area contributed by atoms with Crippen LogP contribution in [0.25, 0.3) is 0 Å². The van der Waals surface area contributed by atoms with Crippen LogP contribution < -0.4 is 36.6 Å². The number of halogens is 8. The summed E-state index contributed by atoms with van der Waals surface area (Å²) in [5.41, 5.74) is 4.17. The smallest absolute Gasteiger partial charge is 0.248 e. The molecule has 4 saturated carbocycles. The summed E-state index contributed by atoms with van der Waals surface area (Å²) in [6.07, 6.45) is 9.95. The lowest BCUT2D eigenvalue weighted by Crippen LogP contribution is -2.38. The molecule has 0 spiro atoms. The van der Waals surface area contributed by atoms with Crippen molar-refractivity contribution in [2.24, 2.45) is 5.92 Å². The minimum absolute atomic E-state index is 0.00715. The number of hydrogen-bond donors (Lipinski definition) is 6. The third-order valence-corrected chi connectivity index (χ3v) is 15.6. The van der Waals surface area contributed by atoms with Gasteiger partial charge in [0.25, 0.3) is 0 Å². The number of hydrogen-bond acceptors (Lipinski definition) is 7. The molecular weight excluding hydrogens is 1080 g/mol. The van der Waals surface area contributed by atoms with E-state index >= 15 is 0 Å². The van der Waals surface area contributed by atoms with Gasteiger partial charge in [-0.05, 0) is 178 Å². The van der Waals surface area contributed by atoms with Crippen LogP contribution in [0.15, 0.2) is 109 Å². The molecule has 0 aromatic heterocycles. The SMILES string of the molecule is COc1cccc(CN[C@@H]2CC[C@H](NC(=O)Cc3cc(F)cc(Cl)c3)C2)c1.O=C(Cc1cc(F)cc(Cl)c1)N[C@H]1CCC(NCC2CCC(F)(F)CC2)C1.O=C(Cc1cc(F)cc(Cl)c1)N[C@H]1CC[C@@H](NCc2ccccc2)C1. The van der Waals surface area contributed by atoms with Gasteiger partial charge in [0.1, 0.15) is 23.2 Å². The fourth-order valence-electron chi connectivity index (χ4n) is 11.0. The summed E-state index contributed by atoms with van der Waals surface area (Å²) in [5, 5.41) is 20.6. The Morgan fingerprint density at radius 3 is 1.29 bits per heavy atom. The van der Waals surface area contributed by atoms with E-state index in [1.54, 1.807) is 25.3 Å². The summed E-state index contributed by atoms with van der Waals surface area (Å²) in [5.74, 6) is -2.93. The van der Waals surface area contributed by atoms with Crippen LogP contribution in [0.5, 0.6) is 5.75 Å². The molecule has 0 saturated heterocycles. The quantitative estimate of drug-likeness (QED) is 0.0454. The molecule has 426 valence electrons. The highest BCUT2D eigenvalue weighted by Gasteiger charge is 2.35. The van der Waals surface area contributed by atoms with Crippen molar-refractivity contribution in [3.63, 3.8) is 0 Å². The van der Waals surface area contributed by atoms with E-state index in [0.717, 1.165) is 83.2 Å². The summed E-state index contributed by atoms with van der Waals surface area (Å²) >= 11 is 17.5. The third kappa shape index (κ3) is 21.9. The number of carbonyl (C=O) groups excluding carboxylic acids is 3. The number of carbonyl (C=O) groups is 3. The Kier molecular flexibility index (Phi) is 23.7. The van der Waals surface area contributed by atoms with E-state index in [2.05, 4.69) is 50.1 Å². The van der Waals surface area contributed by atoms with Crippen LogP contribution in [0, 0.1) is 23.4 Å². The van der Waals surface area contributed by atoms with Crippen molar-refractivity contribution < 1.29 is 41.1 Å². The molecule has 18 heteroatoms. The molecule has 6 atom stereocenters. The molecule has 0 bridgehead atoms. The van der Waals surface area contributed by atoms with Gasteiger partial charge in [0.2, 0.25) is 23.6 Å². The van der Waals surface area contributed by atoms with E-state index < -0.39 is 23.4 Å². The zero-order valence-electron chi connectivity index (χ0n) is 44.5. The minimum Gasteiger partial charge on any atom is -0.497 e. The van der Waals surface area contributed by atoms with Gasteiger partial charge in [-0.1, -0.05) is 77.3 Å². The Balaban J connectivity index is 0.000000172. The Bertz CT molecular complexity index is 2710. The largest absolute Gasteiger partial charge is 0.497 e. The number of amides is 3. The average Bonchev–Trinajstić information content (AvgIpc) is 4.17. The summed E-state index contributed by atoms with van der Waals surface area (Å²) in [7, 11) is 1.66. The fourth-order valence-corrected chi connectivity index (χ4v) is 11.7. The zero-order chi connectivity index (χ0) is 56.3. The van der Waals surface area contributed by atoms with E-state index in [4.69, 9.17) is 39.5 Å². The molecule has 0 aliphatic heterocycles. The molecule has 6 N–H and O–H groups in total. The number of methoxy groups -OCH3 is 1. The van der Waals surface area contributed by atoms with Crippen LogP contribution in [0.4, 0.5) is 22.0 Å². The molecule has 5 aromatic rings. The van der Waals surface area contributed by atoms with Crippen LogP contribution in [0.1, 0.15) is 111 Å². The van der Waals surface area contributed by atoms with Gasteiger partial charge in [-0.25, -0.2) is 22.0 Å². The van der Waals surface area contributed by atoms with Crippen LogP contribution in [-0.2, 0) is 46.7 Å². The maximum Gasteiger partial charge on any atom is 0.248 e. The lowest BCUT2D eigenvalue weighted by atomic mass is 9.86. The first kappa shape index (κ1) is 61.3. The molecule has 4 aliphatic carbocycles. The van der Waals surface area contributed by atoms with Gasteiger partial charge in [0.15, 0.2) is 0 Å². The molecule has 0 heterocycles. The molecule has 3 amide bonds. The van der Waals surface area contributed by atoms with Gasteiger partial charge in [-0.3, -0.25) is 14.4 Å². The standard InChI is InChI=1S/C21H24ClFN2O2.C20H26ClF3N2O.C20H22ClFN2O/c1-27-20-4-2-3-14(9-20)13-24-18-5-6-19(12-18)25-21(26)10-15-7-16(22)11-17(23)8-15;21-15-7-14(8-16(22)10-15)9-19(27)26-18-2-1-17(11-18)25-12-13-3-5-20(23,24)6-4-13;21-16-8-15(9-17(22)11-16)10-20(25)24-19-7-6-18(12-19)23-13-14-4-2-1-3-5-14/h2-4,7-9,11,18-19,24H,5-6,10,12-13H2,1H3,(H,25,26);7-8,10,13,17-18,25H,1-6,9,11-12H2,(H,26,27);1-5,8-9,11,18-19,23H,6-7,10,12-13H2,(H,24,25)/t18-,19+;17?,18-;18-,19+/m101/s1. The van der Waals surface area contributed by atoms with E-state index in [9.17, 15) is 36.3 Å². The normalized spacial score (nSPS) is 21.5. The van der Waals surface area contributed by atoms with Crippen molar-refractivity contribution in [1.82, 2.24) is 31.9 Å². The fraction of sp³-hybridized carbons (Fsp3) is 0.459. The summed E-state index contributed by atoms with van der Waals surface area (Å²) in [6, 6.07) is 32.3. The average molecular weight is 1150 g/mol. The van der Waals surface area contributed by atoms with E-state index in [1.807, 2.05) is 36.4 Å². The Morgan fingerprint density at radius 1 is 0.481 bits per heavy atom. The molecule has 0 radical (unpaired) electrons. The number of rotatable bonds is 19. The van der Waals surface area contributed by atoms with E-state index in [1.165, 1.54) is 47.5 Å². The molecule has 10 nitrogen and oxygen atoms in total. The highest BCUT2D eigenvalue weighted by atomic mass is 35.5. The first-order valence-electron chi connectivity index (χ1n) is 27.4. The Morgan fingerprint density at radius 2 is 0.873 bits per heavy atom. The third-order valence-electron chi connectivity index (χ3n) is 15.0. The first-order chi connectivity index (χ1) is 37.9. The highest BCUT2D eigenvalue weighted by Crippen LogP contribution is 2.36. The molecule has 4 fully saturated rings. The first-order valence-corrected chi connectivity index (χ1v) is 28.5. The molecule has 9 rings (SSSR count). The van der Waals surface area contributed by atoms with Crippen LogP contribution in [-0.4, -0.2) is 73.5 Å². The van der Waals surface area contributed by atoms with Crippen molar-refractivity contribution in [2.45, 2.75) is 158 Å². The minimum atomic E-state index is -2.48. The number of ether oxygens (including phenoxy) is 1. The second kappa shape index (κ2) is 30.5. The van der Waals surface area contributed by atoms with Crippen LogP contribution in [0.3, 0.4) is 0 Å². The molecule has 4 aliphatic rings. The summed E-state index contributed by atoms with van der Waals surface area (Å²) in [4.78, 5) is 36.6. The van der Waals surface area contributed by atoms with Gasteiger partial charge < -0.3 is 36.6 Å². The number of nitrogens with one attached hydrogen (secondary N) is 6. The zero-order valence-corrected chi connectivity index (χ0v) is 46.8. The van der Waals surface area contributed by atoms with E-state index in [-0.39, 0.29) is 73.0 Å². The van der Waals surface area contributed by atoms with Gasteiger partial charge >= 0.3 is 0 Å². The second-order valence-electron chi connectivity index (χ2n) is 21.5. The predicted octanol–water partition coefficient (Wildman–Crippen LogP) is 12.2. The lowest BCUT2D eigenvalue weighted by Gasteiger charge is -2.29. The van der Waals surface area contributed by atoms with Crippen molar-refractivity contribution >= 4 is 52.5 Å². The maximum atomic E-state index is 13.4. The monoisotopic (exact) mass is 1150 g/mol. The molecule has 79 heavy (non-hydrogen) atoms. The lowest BCUT2D eigenvalue weighted by molar-refractivity contribution is -0.122. The summed E-state index contributed by atoms with van der Waals surface area (Å²) < 4.78 is 71.7. The van der Waals surface area contributed by atoms with Crippen LogP contribution in [0.2, 0.25) is 15.1 Å². The van der Waals surface area contributed by atoms with Crippen molar-refractivity contribution in [1.29, 1.82) is 0 Å². The van der Waals surface area contributed by atoms with E-state index in [0.29, 0.717) is 63.6 Å². The van der Waals surface area contributed by atoms with Gasteiger partial charge in [-0.2, -0.15) is 0 Å². The molecular formula is C61H72Cl3F5N6O4. The van der Waals surface area contributed by atoms with Gasteiger partial charge in [-0.15, -0.1) is 0 Å². The number of alkyl halides is 2. The predicted molar refractivity (Wildman–Crippen MR) is 302 cm³/mol. The van der Waals surface area contributed by atoms with Crippen LogP contribution >= 0.6 is 34.8 Å². The second-order valence-corrected chi connectivity index (χ2v) is 22.8. The molecule has 1 unspecified atom stereocenters. The summed E-state index contributed by atoms with van der Waals surface area (Å²) in [6.45, 7) is 2.38. The maximum absolute atomic E-state index is 13.4.